The summed E-state index contributed by atoms with van der Waals surface area (Å²) in [5.74, 6) is 0.0240. The van der Waals surface area contributed by atoms with Crippen LogP contribution in [0.1, 0.15) is 15.9 Å². The first-order valence-corrected chi connectivity index (χ1v) is 7.09. The van der Waals surface area contributed by atoms with Crippen molar-refractivity contribution >= 4 is 38.8 Å². The monoisotopic (exact) mass is 287 g/mol. The van der Waals surface area contributed by atoms with Crippen LogP contribution in [0.3, 0.4) is 0 Å². The van der Waals surface area contributed by atoms with E-state index in [1.165, 1.54) is 10.9 Å². The Morgan fingerprint density at radius 2 is 2.11 bits per heavy atom. The Balaban J connectivity index is 1.94. The van der Waals surface area contributed by atoms with E-state index in [4.69, 9.17) is 11.6 Å². The van der Waals surface area contributed by atoms with Crippen LogP contribution in [0.25, 0.3) is 10.1 Å². The second kappa shape index (κ2) is 5.11. The van der Waals surface area contributed by atoms with E-state index in [1.54, 1.807) is 23.6 Å². The maximum Gasteiger partial charge on any atom is 0.168 e. The predicted molar refractivity (Wildman–Crippen MR) is 79.1 cm³/mol. The Bertz CT molecular complexity index is 750. The van der Waals surface area contributed by atoms with Gasteiger partial charge in [0.2, 0.25) is 0 Å². The number of benzene rings is 1. The van der Waals surface area contributed by atoms with E-state index in [0.29, 0.717) is 17.0 Å². The van der Waals surface area contributed by atoms with Crippen molar-refractivity contribution < 1.29 is 4.79 Å². The molecule has 0 saturated heterocycles. The first kappa shape index (κ1) is 12.3. The van der Waals surface area contributed by atoms with Gasteiger partial charge in [0.1, 0.15) is 0 Å². The Morgan fingerprint density at radius 3 is 2.95 bits per heavy atom. The number of carbonyl (C=O) groups is 1. The minimum Gasteiger partial charge on any atom is -0.294 e. The molecule has 19 heavy (non-hydrogen) atoms. The third kappa shape index (κ3) is 2.39. The van der Waals surface area contributed by atoms with Gasteiger partial charge in [-0.15, -0.1) is 11.3 Å². The molecule has 0 radical (unpaired) electrons. The van der Waals surface area contributed by atoms with Crippen LogP contribution in [0.5, 0.6) is 0 Å². The van der Waals surface area contributed by atoms with Gasteiger partial charge in [0.15, 0.2) is 5.78 Å². The van der Waals surface area contributed by atoms with Crippen molar-refractivity contribution in [1.82, 2.24) is 4.98 Å². The van der Waals surface area contributed by atoms with Crippen molar-refractivity contribution in [3.8, 4) is 0 Å². The fourth-order valence-corrected chi connectivity index (χ4v) is 3.23. The highest BCUT2D eigenvalue weighted by molar-refractivity contribution is 7.17. The third-order valence-corrected chi connectivity index (χ3v) is 4.30. The van der Waals surface area contributed by atoms with Gasteiger partial charge in [-0.25, -0.2) is 0 Å². The van der Waals surface area contributed by atoms with Gasteiger partial charge in [-0.1, -0.05) is 29.8 Å². The highest BCUT2D eigenvalue weighted by Crippen LogP contribution is 2.27. The minimum atomic E-state index is 0.0240. The van der Waals surface area contributed by atoms with Crippen LogP contribution < -0.4 is 0 Å². The fourth-order valence-electron chi connectivity index (χ4n) is 2.04. The maximum absolute atomic E-state index is 12.3. The average molecular weight is 288 g/mol. The summed E-state index contributed by atoms with van der Waals surface area (Å²) in [6.07, 6.45) is 3.46. The number of ketones is 1. The lowest BCUT2D eigenvalue weighted by molar-refractivity contribution is 0.0993. The number of hydrogen-bond donors (Lipinski definition) is 0. The zero-order valence-corrected chi connectivity index (χ0v) is 11.5. The number of nitrogens with zero attached hydrogens (tertiary/aromatic N) is 1. The zero-order chi connectivity index (χ0) is 13.2. The summed E-state index contributed by atoms with van der Waals surface area (Å²) >= 11 is 7.65. The van der Waals surface area contributed by atoms with E-state index in [9.17, 15) is 4.79 Å². The Labute approximate surface area is 119 Å². The molecule has 0 bridgehead atoms. The van der Waals surface area contributed by atoms with Gasteiger partial charge < -0.3 is 0 Å². The number of fused-ring (bicyclic) bond motifs is 1. The van der Waals surface area contributed by atoms with Gasteiger partial charge in [0.25, 0.3) is 0 Å². The molecule has 3 rings (SSSR count). The van der Waals surface area contributed by atoms with Crippen LogP contribution in [-0.4, -0.2) is 10.8 Å². The van der Waals surface area contributed by atoms with Crippen molar-refractivity contribution in [2.45, 2.75) is 6.42 Å². The quantitative estimate of drug-likeness (QED) is 0.669. The van der Waals surface area contributed by atoms with Crippen LogP contribution in [0.15, 0.2) is 48.1 Å². The summed E-state index contributed by atoms with van der Waals surface area (Å²) in [7, 11) is 0. The van der Waals surface area contributed by atoms with Crippen molar-refractivity contribution in [1.29, 1.82) is 0 Å². The molecule has 0 atom stereocenters. The van der Waals surface area contributed by atoms with Gasteiger partial charge in [0, 0.05) is 29.1 Å². The molecule has 3 aromatic rings. The van der Waals surface area contributed by atoms with Crippen LogP contribution in [0.2, 0.25) is 5.02 Å². The van der Waals surface area contributed by atoms with Crippen molar-refractivity contribution in [3.05, 3.63) is 64.3 Å². The molecule has 0 N–H and O–H groups in total. The van der Waals surface area contributed by atoms with Gasteiger partial charge in [-0.2, -0.15) is 0 Å². The molecule has 0 aliphatic heterocycles. The molecule has 0 aliphatic carbocycles. The minimum absolute atomic E-state index is 0.0240. The summed E-state index contributed by atoms with van der Waals surface area (Å²) in [5, 5.41) is 3.59. The lowest BCUT2D eigenvalue weighted by Gasteiger charge is -2.02. The lowest BCUT2D eigenvalue weighted by atomic mass is 10.0. The average Bonchev–Trinajstić information content (AvgIpc) is 2.83. The van der Waals surface area contributed by atoms with Crippen molar-refractivity contribution in [3.63, 3.8) is 0 Å². The number of carbonyl (C=O) groups excluding carboxylic acids is 1. The predicted octanol–water partition coefficient (Wildman–Crippen LogP) is 4.38. The molecule has 0 unspecified atom stereocenters. The summed E-state index contributed by atoms with van der Waals surface area (Å²) in [6, 6.07) is 9.77. The van der Waals surface area contributed by atoms with Crippen molar-refractivity contribution in [2.75, 3.05) is 0 Å². The van der Waals surface area contributed by atoms with Gasteiger partial charge in [-0.05, 0) is 28.5 Å². The summed E-state index contributed by atoms with van der Waals surface area (Å²) in [6.45, 7) is 0. The first-order valence-electron chi connectivity index (χ1n) is 5.83. The van der Waals surface area contributed by atoms with E-state index in [1.807, 2.05) is 23.6 Å². The normalized spacial score (nSPS) is 10.8. The topological polar surface area (TPSA) is 30.0 Å². The summed E-state index contributed by atoms with van der Waals surface area (Å²) in [4.78, 5) is 16.2. The van der Waals surface area contributed by atoms with E-state index < -0.39 is 0 Å². The SMILES string of the molecule is O=C(Cc1csc2ccccc12)c1ccncc1Cl. The molecule has 1 aromatic carbocycles. The molecule has 0 saturated carbocycles. The van der Waals surface area contributed by atoms with Gasteiger partial charge >= 0.3 is 0 Å². The third-order valence-electron chi connectivity index (χ3n) is 2.99. The van der Waals surface area contributed by atoms with Crippen LogP contribution in [0, 0.1) is 0 Å². The van der Waals surface area contributed by atoms with E-state index >= 15 is 0 Å². The van der Waals surface area contributed by atoms with E-state index in [0.717, 1.165) is 10.9 Å². The highest BCUT2D eigenvalue weighted by atomic mass is 35.5. The summed E-state index contributed by atoms with van der Waals surface area (Å²) in [5.41, 5.74) is 1.59. The Morgan fingerprint density at radius 1 is 1.26 bits per heavy atom. The molecule has 0 spiro atoms. The van der Waals surface area contributed by atoms with Gasteiger partial charge in [-0.3, -0.25) is 9.78 Å². The molecule has 2 heterocycles. The molecular weight excluding hydrogens is 278 g/mol. The number of thiophene rings is 1. The molecule has 4 heteroatoms. The zero-order valence-electron chi connectivity index (χ0n) is 9.97. The van der Waals surface area contributed by atoms with Crippen LogP contribution in [0.4, 0.5) is 0 Å². The first-order chi connectivity index (χ1) is 9.25. The van der Waals surface area contributed by atoms with Crippen molar-refractivity contribution in [2.24, 2.45) is 0 Å². The number of rotatable bonds is 3. The second-order valence-corrected chi connectivity index (χ2v) is 5.53. The molecular formula is C15H10ClNOS. The number of pyridine rings is 1. The van der Waals surface area contributed by atoms with E-state index in [-0.39, 0.29) is 5.78 Å². The molecule has 0 amide bonds. The maximum atomic E-state index is 12.3. The molecule has 94 valence electrons. The highest BCUT2D eigenvalue weighted by Gasteiger charge is 2.13. The fraction of sp³-hybridized carbons (Fsp3) is 0.0667. The molecule has 2 nitrogen and oxygen atoms in total. The van der Waals surface area contributed by atoms with Gasteiger partial charge in [0.05, 0.1) is 5.02 Å². The molecule has 2 aromatic heterocycles. The van der Waals surface area contributed by atoms with Crippen LogP contribution >= 0.6 is 22.9 Å². The smallest absolute Gasteiger partial charge is 0.168 e. The van der Waals surface area contributed by atoms with Crippen LogP contribution in [-0.2, 0) is 6.42 Å². The number of Topliss-reactive ketones (excluding diaryl/α,β-unsaturated/α-hetero) is 1. The number of halogens is 1. The largest absolute Gasteiger partial charge is 0.294 e. The number of aromatic nitrogens is 1. The molecule has 0 fully saturated rings. The Hall–Kier alpha value is -1.71. The number of hydrogen-bond acceptors (Lipinski definition) is 3. The molecule has 0 aliphatic rings. The van der Waals surface area contributed by atoms with E-state index in [2.05, 4.69) is 11.1 Å². The second-order valence-electron chi connectivity index (χ2n) is 4.21. The summed E-state index contributed by atoms with van der Waals surface area (Å²) < 4.78 is 1.20. The lowest BCUT2D eigenvalue weighted by Crippen LogP contribution is -2.04. The standard InChI is InChI=1S/C15H10ClNOS/c16-13-8-17-6-5-12(13)14(18)7-10-9-19-15-4-2-1-3-11(10)15/h1-6,8-9H,7H2. The Kier molecular flexibility index (Phi) is 3.32.